The normalized spacial score (nSPS) is 27.3. The van der Waals surface area contributed by atoms with E-state index >= 15 is 0 Å². The number of carbonyl (C=O) groups is 2. The quantitative estimate of drug-likeness (QED) is 0.605. The molecule has 4 rings (SSSR count). The van der Waals surface area contributed by atoms with E-state index in [1.165, 1.54) is 12.8 Å². The van der Waals surface area contributed by atoms with E-state index in [-0.39, 0.29) is 17.7 Å². The summed E-state index contributed by atoms with van der Waals surface area (Å²) in [6, 6.07) is 8.47. The molecule has 3 aliphatic rings. The standard InChI is InChI=1S/C25H38N4O3/c1-3-10-25(2,28-23(30)18-14-19-17-32-13-9-22(19)26-16-18)24(31)27-20-7-6-8-21(15-20)29-11-4-5-12-29/h6-8,15,18-19,22,26H,3-5,9-14,16-17H2,1-2H3,(H,27,31)(H,28,30). The molecule has 3 heterocycles. The Morgan fingerprint density at radius 3 is 2.88 bits per heavy atom. The molecule has 4 unspecified atom stereocenters. The summed E-state index contributed by atoms with van der Waals surface area (Å²) in [5.41, 5.74) is 0.964. The highest BCUT2D eigenvalue weighted by molar-refractivity contribution is 6.00. The highest BCUT2D eigenvalue weighted by Crippen LogP contribution is 2.28. The average molecular weight is 443 g/mol. The minimum absolute atomic E-state index is 0.0431. The van der Waals surface area contributed by atoms with Gasteiger partial charge in [0.15, 0.2) is 0 Å². The predicted molar refractivity (Wildman–Crippen MR) is 127 cm³/mol. The van der Waals surface area contributed by atoms with Gasteiger partial charge in [-0.2, -0.15) is 0 Å². The molecule has 1 aromatic rings. The van der Waals surface area contributed by atoms with E-state index in [1.807, 2.05) is 32.0 Å². The van der Waals surface area contributed by atoms with Gasteiger partial charge in [-0.3, -0.25) is 9.59 Å². The van der Waals surface area contributed by atoms with Crippen molar-refractivity contribution in [2.75, 3.05) is 43.1 Å². The molecule has 1 aromatic carbocycles. The van der Waals surface area contributed by atoms with Crippen LogP contribution >= 0.6 is 0 Å². The number of fused-ring (bicyclic) bond motifs is 1. The SMILES string of the molecule is CCCC(C)(NC(=O)C1CNC2CCOCC2C1)C(=O)Nc1cccc(N2CCCC2)c1. The van der Waals surface area contributed by atoms with Crippen LogP contribution in [0.1, 0.15) is 52.4 Å². The van der Waals surface area contributed by atoms with E-state index in [2.05, 4.69) is 26.9 Å². The first-order valence-electron chi connectivity index (χ1n) is 12.3. The van der Waals surface area contributed by atoms with E-state index in [0.29, 0.717) is 31.5 Å². The van der Waals surface area contributed by atoms with Crippen LogP contribution in [-0.4, -0.2) is 56.2 Å². The zero-order chi connectivity index (χ0) is 22.6. The van der Waals surface area contributed by atoms with Crippen LogP contribution in [0.4, 0.5) is 11.4 Å². The topological polar surface area (TPSA) is 82.7 Å². The Bertz CT molecular complexity index is 810. The van der Waals surface area contributed by atoms with E-state index in [4.69, 9.17) is 4.74 Å². The lowest BCUT2D eigenvalue weighted by Crippen LogP contribution is -2.59. The number of piperidine rings is 1. The van der Waals surface area contributed by atoms with Crippen molar-refractivity contribution in [2.45, 2.75) is 64.0 Å². The van der Waals surface area contributed by atoms with Crippen molar-refractivity contribution >= 4 is 23.2 Å². The fraction of sp³-hybridized carbons (Fsp3) is 0.680. The third-order valence-electron chi connectivity index (χ3n) is 7.28. The van der Waals surface area contributed by atoms with E-state index in [9.17, 15) is 9.59 Å². The molecule has 0 aliphatic carbocycles. The average Bonchev–Trinajstić information content (AvgIpc) is 3.34. The zero-order valence-electron chi connectivity index (χ0n) is 19.5. The monoisotopic (exact) mass is 442 g/mol. The third kappa shape index (κ3) is 5.26. The Kier molecular flexibility index (Phi) is 7.36. The number of ether oxygens (including phenoxy) is 1. The van der Waals surface area contributed by atoms with Crippen LogP contribution in [0.15, 0.2) is 24.3 Å². The van der Waals surface area contributed by atoms with Gasteiger partial charge in [-0.1, -0.05) is 19.4 Å². The molecular formula is C25H38N4O3. The Labute approximate surface area is 191 Å². The van der Waals surface area contributed by atoms with Crippen molar-refractivity contribution in [3.8, 4) is 0 Å². The second-order valence-corrected chi connectivity index (χ2v) is 9.84. The van der Waals surface area contributed by atoms with E-state index in [1.54, 1.807) is 0 Å². The molecule has 4 atom stereocenters. The molecule has 0 saturated carbocycles. The largest absolute Gasteiger partial charge is 0.381 e. The summed E-state index contributed by atoms with van der Waals surface area (Å²) in [6.07, 6.45) is 5.63. The Morgan fingerprint density at radius 2 is 2.09 bits per heavy atom. The van der Waals surface area contributed by atoms with Gasteiger partial charge in [0.25, 0.3) is 0 Å². The molecule has 3 saturated heterocycles. The van der Waals surface area contributed by atoms with Gasteiger partial charge >= 0.3 is 0 Å². The number of benzene rings is 1. The van der Waals surface area contributed by atoms with Crippen LogP contribution < -0.4 is 20.9 Å². The first kappa shape index (κ1) is 23.1. The highest BCUT2D eigenvalue weighted by atomic mass is 16.5. The fourth-order valence-corrected chi connectivity index (χ4v) is 5.37. The number of amides is 2. The zero-order valence-corrected chi connectivity index (χ0v) is 19.5. The number of carbonyl (C=O) groups excluding carboxylic acids is 2. The van der Waals surface area contributed by atoms with Gasteiger partial charge in [0.05, 0.1) is 12.5 Å². The van der Waals surface area contributed by atoms with Gasteiger partial charge in [0.2, 0.25) is 11.8 Å². The number of nitrogens with zero attached hydrogens (tertiary/aromatic N) is 1. The predicted octanol–water partition coefficient (Wildman–Crippen LogP) is 2.91. The molecule has 7 heteroatoms. The smallest absolute Gasteiger partial charge is 0.249 e. The summed E-state index contributed by atoms with van der Waals surface area (Å²) in [6.45, 7) is 8.16. The van der Waals surface area contributed by atoms with Gasteiger partial charge in [-0.05, 0) is 63.1 Å². The van der Waals surface area contributed by atoms with Crippen LogP contribution in [-0.2, 0) is 14.3 Å². The summed E-state index contributed by atoms with van der Waals surface area (Å²) in [5.74, 6) is 0.0284. The maximum atomic E-state index is 13.3. The first-order valence-corrected chi connectivity index (χ1v) is 12.3. The maximum absolute atomic E-state index is 13.3. The lowest BCUT2D eigenvalue weighted by atomic mass is 9.81. The summed E-state index contributed by atoms with van der Waals surface area (Å²) in [7, 11) is 0. The van der Waals surface area contributed by atoms with Crippen molar-refractivity contribution in [1.29, 1.82) is 0 Å². The minimum Gasteiger partial charge on any atom is -0.381 e. The Hall–Kier alpha value is -2.12. The molecule has 32 heavy (non-hydrogen) atoms. The number of nitrogens with one attached hydrogen (secondary N) is 3. The molecule has 3 fully saturated rings. The van der Waals surface area contributed by atoms with Crippen LogP contribution in [0.3, 0.4) is 0 Å². The lowest BCUT2D eigenvalue weighted by Gasteiger charge is -2.40. The van der Waals surface area contributed by atoms with Gasteiger partial charge in [0, 0.05) is 43.7 Å². The van der Waals surface area contributed by atoms with Crippen molar-refractivity contribution in [3.63, 3.8) is 0 Å². The molecular weight excluding hydrogens is 404 g/mol. The molecule has 3 aliphatic heterocycles. The minimum atomic E-state index is -0.949. The molecule has 0 radical (unpaired) electrons. The van der Waals surface area contributed by atoms with Gasteiger partial charge in [-0.25, -0.2) is 0 Å². The number of hydrogen-bond acceptors (Lipinski definition) is 5. The summed E-state index contributed by atoms with van der Waals surface area (Å²) >= 11 is 0. The van der Waals surface area contributed by atoms with Crippen molar-refractivity contribution in [1.82, 2.24) is 10.6 Å². The van der Waals surface area contributed by atoms with Crippen LogP contribution in [0, 0.1) is 11.8 Å². The van der Waals surface area contributed by atoms with Crippen molar-refractivity contribution in [3.05, 3.63) is 24.3 Å². The number of anilines is 2. The molecule has 0 bridgehead atoms. The highest BCUT2D eigenvalue weighted by Gasteiger charge is 2.40. The van der Waals surface area contributed by atoms with Crippen molar-refractivity contribution < 1.29 is 14.3 Å². The Balaban J connectivity index is 1.40. The molecule has 3 N–H and O–H groups in total. The van der Waals surface area contributed by atoms with Gasteiger partial charge < -0.3 is 25.6 Å². The summed E-state index contributed by atoms with van der Waals surface area (Å²) < 4.78 is 5.62. The van der Waals surface area contributed by atoms with Gasteiger partial charge in [0.1, 0.15) is 5.54 Å². The van der Waals surface area contributed by atoms with Crippen LogP contribution in [0.5, 0.6) is 0 Å². The van der Waals surface area contributed by atoms with Gasteiger partial charge in [-0.15, -0.1) is 0 Å². The van der Waals surface area contributed by atoms with Crippen molar-refractivity contribution in [2.24, 2.45) is 11.8 Å². The first-order chi connectivity index (χ1) is 15.5. The number of hydrogen-bond donors (Lipinski definition) is 3. The second-order valence-electron chi connectivity index (χ2n) is 9.84. The molecule has 2 amide bonds. The molecule has 176 valence electrons. The summed E-state index contributed by atoms with van der Waals surface area (Å²) in [4.78, 5) is 28.8. The number of rotatable bonds is 7. The summed E-state index contributed by atoms with van der Waals surface area (Å²) in [5, 5.41) is 9.70. The van der Waals surface area contributed by atoms with Crippen LogP contribution in [0.2, 0.25) is 0 Å². The fourth-order valence-electron chi connectivity index (χ4n) is 5.37. The molecule has 0 aromatic heterocycles. The second kappa shape index (κ2) is 10.2. The maximum Gasteiger partial charge on any atom is 0.249 e. The Morgan fingerprint density at radius 1 is 1.28 bits per heavy atom. The molecule has 7 nitrogen and oxygen atoms in total. The third-order valence-corrected chi connectivity index (χ3v) is 7.28. The van der Waals surface area contributed by atoms with E-state index in [0.717, 1.165) is 50.3 Å². The van der Waals surface area contributed by atoms with Crippen LogP contribution in [0.25, 0.3) is 0 Å². The van der Waals surface area contributed by atoms with E-state index < -0.39 is 5.54 Å². The molecule has 0 spiro atoms. The lowest BCUT2D eigenvalue weighted by molar-refractivity contribution is -0.134.